The van der Waals surface area contributed by atoms with E-state index in [0.717, 1.165) is 5.69 Å². The van der Waals surface area contributed by atoms with Crippen molar-refractivity contribution in [1.29, 1.82) is 0 Å². The number of aryl methyl sites for hydroxylation is 1. The summed E-state index contributed by atoms with van der Waals surface area (Å²) in [5.41, 5.74) is 1.48. The minimum atomic E-state index is -0.469. The number of aromatic nitrogens is 1. The second kappa shape index (κ2) is 6.44. The Morgan fingerprint density at radius 3 is 2.73 bits per heavy atom. The number of hydrogen-bond donors (Lipinski definition) is 1. The van der Waals surface area contributed by atoms with Gasteiger partial charge in [-0.1, -0.05) is 12.1 Å². The molecule has 1 N–H and O–H groups in total. The van der Waals surface area contributed by atoms with Gasteiger partial charge in [0.25, 0.3) is 11.8 Å². The van der Waals surface area contributed by atoms with Gasteiger partial charge >= 0.3 is 0 Å². The van der Waals surface area contributed by atoms with Gasteiger partial charge in [-0.3, -0.25) is 14.6 Å². The maximum Gasteiger partial charge on any atom is 0.255 e. The van der Waals surface area contributed by atoms with Crippen LogP contribution in [0.15, 0.2) is 42.6 Å². The zero-order valence-electron chi connectivity index (χ0n) is 14.7. The molecule has 2 aliphatic rings. The second-order valence-electron chi connectivity index (χ2n) is 6.89. The molecule has 4 rings (SSSR count). The highest BCUT2D eigenvalue weighted by Gasteiger charge is 2.41. The minimum Gasteiger partial charge on any atom is -0.484 e. The number of para-hydroxylation sites is 1. The highest BCUT2D eigenvalue weighted by atomic mass is 16.5. The van der Waals surface area contributed by atoms with E-state index in [0.29, 0.717) is 49.4 Å². The summed E-state index contributed by atoms with van der Waals surface area (Å²) in [6.07, 6.45) is 3.04. The summed E-state index contributed by atoms with van der Waals surface area (Å²) in [5, 5.41) is 2.97. The van der Waals surface area contributed by atoms with E-state index < -0.39 is 5.60 Å². The summed E-state index contributed by atoms with van der Waals surface area (Å²) >= 11 is 0. The summed E-state index contributed by atoms with van der Waals surface area (Å²) in [7, 11) is 0. The molecule has 134 valence electrons. The van der Waals surface area contributed by atoms with Crippen LogP contribution in [0, 0.1) is 6.92 Å². The Morgan fingerprint density at radius 1 is 1.19 bits per heavy atom. The number of pyridine rings is 1. The maximum atomic E-state index is 12.8. The number of piperidine rings is 1. The normalized spacial score (nSPS) is 18.5. The summed E-state index contributed by atoms with van der Waals surface area (Å²) in [6.45, 7) is 3.48. The lowest BCUT2D eigenvalue weighted by molar-refractivity contribution is 0.00768. The van der Waals surface area contributed by atoms with Crippen molar-refractivity contribution in [3.8, 4) is 5.75 Å². The molecule has 6 nitrogen and oxygen atoms in total. The lowest BCUT2D eigenvalue weighted by Crippen LogP contribution is -2.54. The summed E-state index contributed by atoms with van der Waals surface area (Å²) in [5.74, 6) is 0.510. The van der Waals surface area contributed by atoms with Crippen molar-refractivity contribution in [3.05, 3.63) is 59.4 Å². The van der Waals surface area contributed by atoms with E-state index in [-0.39, 0.29) is 11.8 Å². The van der Waals surface area contributed by atoms with Crippen LogP contribution in [-0.4, -0.2) is 46.9 Å². The molecule has 0 saturated carbocycles. The van der Waals surface area contributed by atoms with E-state index in [1.54, 1.807) is 18.3 Å². The van der Waals surface area contributed by atoms with Gasteiger partial charge in [0.05, 0.1) is 17.7 Å². The van der Waals surface area contributed by atoms with Gasteiger partial charge in [0.15, 0.2) is 0 Å². The van der Waals surface area contributed by atoms with Gasteiger partial charge < -0.3 is 15.0 Å². The summed E-state index contributed by atoms with van der Waals surface area (Å²) in [4.78, 5) is 31.1. The van der Waals surface area contributed by atoms with Crippen molar-refractivity contribution in [3.63, 3.8) is 0 Å². The Labute approximate surface area is 152 Å². The first-order chi connectivity index (χ1) is 12.6. The van der Waals surface area contributed by atoms with Crippen molar-refractivity contribution in [2.45, 2.75) is 25.4 Å². The monoisotopic (exact) mass is 351 g/mol. The largest absolute Gasteiger partial charge is 0.484 e. The van der Waals surface area contributed by atoms with E-state index in [4.69, 9.17) is 4.74 Å². The van der Waals surface area contributed by atoms with Crippen molar-refractivity contribution in [2.24, 2.45) is 0 Å². The number of benzene rings is 1. The number of fused-ring (bicyclic) bond motifs is 1. The van der Waals surface area contributed by atoms with Crippen LogP contribution in [0.3, 0.4) is 0 Å². The van der Waals surface area contributed by atoms with Crippen LogP contribution in [0.25, 0.3) is 0 Å². The van der Waals surface area contributed by atoms with Gasteiger partial charge in [-0.25, -0.2) is 0 Å². The third-order valence-corrected chi connectivity index (χ3v) is 5.23. The molecule has 3 heterocycles. The van der Waals surface area contributed by atoms with E-state index in [1.165, 1.54) is 0 Å². The van der Waals surface area contributed by atoms with Crippen LogP contribution in [0.4, 0.5) is 0 Å². The number of ether oxygens (including phenoxy) is 1. The number of nitrogens with zero attached hydrogens (tertiary/aromatic N) is 2. The number of rotatable bonds is 1. The molecule has 0 atom stereocenters. The molecule has 1 spiro atoms. The van der Waals surface area contributed by atoms with E-state index >= 15 is 0 Å². The van der Waals surface area contributed by atoms with Gasteiger partial charge in [-0.05, 0) is 31.2 Å². The first-order valence-electron chi connectivity index (χ1n) is 8.85. The lowest BCUT2D eigenvalue weighted by atomic mass is 9.90. The van der Waals surface area contributed by atoms with Crippen molar-refractivity contribution in [1.82, 2.24) is 15.2 Å². The molecule has 0 radical (unpaired) electrons. The molecule has 26 heavy (non-hydrogen) atoms. The molecule has 0 bridgehead atoms. The molecular weight excluding hydrogens is 330 g/mol. The Bertz CT molecular complexity index is 857. The van der Waals surface area contributed by atoms with E-state index in [9.17, 15) is 9.59 Å². The SMILES string of the molecule is Cc1ncccc1C(=O)N1CCC2(CC1)CNC(=O)c1ccccc1O2. The first-order valence-corrected chi connectivity index (χ1v) is 8.85. The van der Waals surface area contributed by atoms with Gasteiger partial charge in [-0.2, -0.15) is 0 Å². The third kappa shape index (κ3) is 2.92. The Morgan fingerprint density at radius 2 is 1.96 bits per heavy atom. The Hall–Kier alpha value is -2.89. The quantitative estimate of drug-likeness (QED) is 0.855. The molecule has 1 saturated heterocycles. The van der Waals surface area contributed by atoms with E-state index in [1.807, 2.05) is 36.1 Å². The summed E-state index contributed by atoms with van der Waals surface area (Å²) < 4.78 is 6.28. The molecule has 2 aromatic rings. The van der Waals surface area contributed by atoms with Gasteiger partial charge in [-0.15, -0.1) is 0 Å². The number of likely N-dealkylation sites (tertiary alicyclic amines) is 1. The van der Waals surface area contributed by atoms with Crippen molar-refractivity contribution in [2.75, 3.05) is 19.6 Å². The van der Waals surface area contributed by atoms with Crippen molar-refractivity contribution < 1.29 is 14.3 Å². The molecule has 2 amide bonds. The number of hydrogen-bond acceptors (Lipinski definition) is 4. The third-order valence-electron chi connectivity index (χ3n) is 5.23. The van der Waals surface area contributed by atoms with Crippen LogP contribution in [-0.2, 0) is 0 Å². The van der Waals surface area contributed by atoms with Crippen LogP contribution in [0.5, 0.6) is 5.75 Å². The highest BCUT2D eigenvalue weighted by Crippen LogP contribution is 2.33. The smallest absolute Gasteiger partial charge is 0.255 e. The van der Waals surface area contributed by atoms with E-state index in [2.05, 4.69) is 10.3 Å². The number of carbonyl (C=O) groups is 2. The second-order valence-corrected chi connectivity index (χ2v) is 6.89. The van der Waals surface area contributed by atoms with Crippen LogP contribution >= 0.6 is 0 Å². The zero-order valence-corrected chi connectivity index (χ0v) is 14.7. The molecule has 1 fully saturated rings. The fourth-order valence-electron chi connectivity index (χ4n) is 3.63. The Kier molecular flexibility index (Phi) is 4.11. The first kappa shape index (κ1) is 16.6. The number of carbonyl (C=O) groups excluding carboxylic acids is 2. The maximum absolute atomic E-state index is 12.8. The predicted molar refractivity (Wildman–Crippen MR) is 96.2 cm³/mol. The molecule has 2 aliphatic heterocycles. The van der Waals surface area contributed by atoms with Crippen molar-refractivity contribution >= 4 is 11.8 Å². The minimum absolute atomic E-state index is 0.00325. The average Bonchev–Trinajstić information content (AvgIpc) is 2.80. The topological polar surface area (TPSA) is 71.5 Å². The summed E-state index contributed by atoms with van der Waals surface area (Å²) in [6, 6.07) is 10.9. The van der Waals surface area contributed by atoms with Crippen LogP contribution < -0.4 is 10.1 Å². The predicted octanol–water partition coefficient (Wildman–Crippen LogP) is 2.19. The highest BCUT2D eigenvalue weighted by molar-refractivity contribution is 5.97. The van der Waals surface area contributed by atoms with Gasteiger partial charge in [0.1, 0.15) is 11.4 Å². The molecule has 1 aromatic heterocycles. The zero-order chi connectivity index (χ0) is 18.1. The molecule has 1 aromatic carbocycles. The fourth-order valence-corrected chi connectivity index (χ4v) is 3.63. The van der Waals surface area contributed by atoms with Crippen LogP contribution in [0.1, 0.15) is 39.3 Å². The number of nitrogens with one attached hydrogen (secondary N) is 1. The van der Waals surface area contributed by atoms with Crippen LogP contribution in [0.2, 0.25) is 0 Å². The Balaban J connectivity index is 1.51. The number of amides is 2. The standard InChI is InChI=1S/C20H21N3O3/c1-14-15(6-4-10-21-14)19(25)23-11-8-20(9-12-23)13-22-18(24)16-5-2-3-7-17(16)26-20/h2-7,10H,8-9,11-13H2,1H3,(H,22,24). The fraction of sp³-hybridized carbons (Fsp3) is 0.350. The lowest BCUT2D eigenvalue weighted by Gasteiger charge is -2.41. The molecule has 0 unspecified atom stereocenters. The van der Waals surface area contributed by atoms with Gasteiger partial charge in [0, 0.05) is 37.8 Å². The molecular formula is C20H21N3O3. The average molecular weight is 351 g/mol. The van der Waals surface area contributed by atoms with Gasteiger partial charge in [0.2, 0.25) is 0 Å². The molecule has 6 heteroatoms. The molecule has 0 aliphatic carbocycles.